The van der Waals surface area contributed by atoms with E-state index in [2.05, 4.69) is 31.4 Å². The summed E-state index contributed by atoms with van der Waals surface area (Å²) in [5.74, 6) is 0.931. The van der Waals surface area contributed by atoms with Gasteiger partial charge >= 0.3 is 0 Å². The van der Waals surface area contributed by atoms with E-state index in [9.17, 15) is 0 Å². The van der Waals surface area contributed by atoms with Crippen molar-refractivity contribution in [2.24, 2.45) is 0 Å². The maximum absolute atomic E-state index is 4.66. The van der Waals surface area contributed by atoms with Gasteiger partial charge in [0.05, 0.1) is 5.69 Å². The summed E-state index contributed by atoms with van der Waals surface area (Å²) < 4.78 is 3.99. The fourth-order valence-corrected chi connectivity index (χ4v) is 2.82. The van der Waals surface area contributed by atoms with Crippen LogP contribution in [0, 0.1) is 0 Å². The molecule has 0 aromatic carbocycles. The monoisotopic (exact) mass is 259 g/mol. The molecule has 3 aromatic rings. The largest absolute Gasteiger partial charge is 0.308 e. The molecule has 3 aromatic heterocycles. The van der Waals surface area contributed by atoms with Gasteiger partial charge in [-0.1, -0.05) is 0 Å². The number of imidazole rings is 1. The Bertz CT molecular complexity index is 662. The minimum atomic E-state index is 0.694. The van der Waals surface area contributed by atoms with E-state index in [0.29, 0.717) is 6.04 Å². The molecule has 0 aliphatic heterocycles. The van der Waals surface area contributed by atoms with Crippen molar-refractivity contribution in [3.8, 4) is 5.82 Å². The summed E-state index contributed by atoms with van der Waals surface area (Å²) in [5.41, 5.74) is 1.18. The van der Waals surface area contributed by atoms with Crippen molar-refractivity contribution in [1.82, 2.24) is 24.5 Å². The van der Waals surface area contributed by atoms with Gasteiger partial charge in [-0.2, -0.15) is 10.1 Å². The van der Waals surface area contributed by atoms with Gasteiger partial charge < -0.3 is 5.32 Å². The summed E-state index contributed by atoms with van der Waals surface area (Å²) in [6, 6.07) is 2.62. The first-order valence-corrected chi connectivity index (χ1v) is 6.97. The summed E-state index contributed by atoms with van der Waals surface area (Å²) in [5, 5.41) is 9.89. The first-order chi connectivity index (χ1) is 8.92. The van der Waals surface area contributed by atoms with Gasteiger partial charge in [-0.3, -0.25) is 4.40 Å². The van der Waals surface area contributed by atoms with Gasteiger partial charge in [0.25, 0.3) is 0 Å². The molecule has 0 amide bonds. The molecule has 1 aliphatic rings. The molecule has 1 saturated carbocycles. The highest BCUT2D eigenvalue weighted by Gasteiger charge is 2.22. The number of fused-ring (bicyclic) bond motifs is 1. The molecule has 1 aliphatic carbocycles. The molecule has 92 valence electrons. The predicted molar refractivity (Wildman–Crippen MR) is 70.1 cm³/mol. The summed E-state index contributed by atoms with van der Waals surface area (Å²) in [6.45, 7) is 0.845. The molecule has 1 fully saturated rings. The van der Waals surface area contributed by atoms with Crippen LogP contribution >= 0.6 is 11.3 Å². The Labute approximate surface area is 108 Å². The normalized spacial score (nSPS) is 15.6. The maximum Gasteiger partial charge on any atom is 0.196 e. The zero-order valence-corrected chi connectivity index (χ0v) is 10.6. The smallest absolute Gasteiger partial charge is 0.196 e. The SMILES string of the molecule is c1cnn(-c2nc3sccn3c2CNC2CC2)c1. The lowest BCUT2D eigenvalue weighted by molar-refractivity contribution is 0.663. The van der Waals surface area contributed by atoms with Gasteiger partial charge in [-0.05, 0) is 18.9 Å². The standard InChI is InChI=1S/C12H13N5S/c1-4-14-17(5-1)11-10(8-13-9-2-3-9)16-6-7-18-12(16)15-11/h1,4-7,9,13H,2-3,8H2. The molecule has 0 unspecified atom stereocenters. The lowest BCUT2D eigenvalue weighted by atomic mass is 10.4. The van der Waals surface area contributed by atoms with Gasteiger partial charge in [0, 0.05) is 36.6 Å². The highest BCUT2D eigenvalue weighted by molar-refractivity contribution is 7.15. The predicted octanol–water partition coefficient (Wildman–Crippen LogP) is 1.83. The highest BCUT2D eigenvalue weighted by atomic mass is 32.1. The Morgan fingerprint density at radius 3 is 3.11 bits per heavy atom. The van der Waals surface area contributed by atoms with Crippen LogP contribution < -0.4 is 5.32 Å². The number of thiazole rings is 1. The third-order valence-electron chi connectivity index (χ3n) is 3.20. The Hall–Kier alpha value is -1.66. The van der Waals surface area contributed by atoms with E-state index in [1.54, 1.807) is 17.5 Å². The van der Waals surface area contributed by atoms with Crippen LogP contribution in [0.2, 0.25) is 0 Å². The molecule has 3 heterocycles. The minimum absolute atomic E-state index is 0.694. The molecule has 18 heavy (non-hydrogen) atoms. The van der Waals surface area contributed by atoms with Gasteiger partial charge in [0.2, 0.25) is 0 Å². The average Bonchev–Trinajstić information content (AvgIpc) is 2.83. The summed E-state index contributed by atoms with van der Waals surface area (Å²) in [4.78, 5) is 5.68. The van der Waals surface area contributed by atoms with E-state index in [-0.39, 0.29) is 0 Å². The molecule has 0 radical (unpaired) electrons. The Morgan fingerprint density at radius 2 is 2.33 bits per heavy atom. The van der Waals surface area contributed by atoms with E-state index in [1.807, 2.05) is 16.9 Å². The van der Waals surface area contributed by atoms with Gasteiger partial charge in [0.1, 0.15) is 0 Å². The summed E-state index contributed by atoms with van der Waals surface area (Å²) >= 11 is 1.65. The molecule has 4 rings (SSSR count). The third kappa shape index (κ3) is 1.65. The molecule has 0 spiro atoms. The fourth-order valence-electron chi connectivity index (χ4n) is 2.09. The molecular formula is C12H13N5S. The second kappa shape index (κ2) is 3.93. The molecule has 0 bridgehead atoms. The number of hydrogen-bond acceptors (Lipinski definition) is 4. The molecule has 0 saturated heterocycles. The molecule has 0 atom stereocenters. The van der Waals surface area contributed by atoms with E-state index < -0.39 is 0 Å². The molecular weight excluding hydrogens is 246 g/mol. The highest BCUT2D eigenvalue weighted by Crippen LogP contribution is 2.23. The first-order valence-electron chi connectivity index (χ1n) is 6.09. The van der Waals surface area contributed by atoms with E-state index in [4.69, 9.17) is 0 Å². The van der Waals surface area contributed by atoms with Gasteiger partial charge in [0.15, 0.2) is 10.8 Å². The molecule has 5 nitrogen and oxygen atoms in total. The van der Waals surface area contributed by atoms with E-state index in [0.717, 1.165) is 17.3 Å². The zero-order chi connectivity index (χ0) is 11.9. The quantitative estimate of drug-likeness (QED) is 0.777. The Morgan fingerprint density at radius 1 is 1.39 bits per heavy atom. The minimum Gasteiger partial charge on any atom is -0.308 e. The number of aromatic nitrogens is 4. The zero-order valence-electron chi connectivity index (χ0n) is 9.78. The van der Waals surface area contributed by atoms with Crippen LogP contribution in [0.25, 0.3) is 10.8 Å². The molecule has 6 heteroatoms. The second-order valence-corrected chi connectivity index (χ2v) is 5.42. The van der Waals surface area contributed by atoms with Crippen LogP contribution in [-0.4, -0.2) is 25.2 Å². The fraction of sp³-hybridized carbons (Fsp3) is 0.333. The summed E-state index contributed by atoms with van der Waals surface area (Å²) in [6.07, 6.45) is 8.38. The maximum atomic E-state index is 4.66. The van der Waals surface area contributed by atoms with Crippen LogP contribution in [0.1, 0.15) is 18.5 Å². The van der Waals surface area contributed by atoms with Gasteiger partial charge in [-0.15, -0.1) is 11.3 Å². The van der Waals surface area contributed by atoms with Crippen molar-refractivity contribution in [2.75, 3.05) is 0 Å². The van der Waals surface area contributed by atoms with Crippen molar-refractivity contribution in [3.63, 3.8) is 0 Å². The Balaban J connectivity index is 1.79. The van der Waals surface area contributed by atoms with Crippen molar-refractivity contribution >= 4 is 16.3 Å². The van der Waals surface area contributed by atoms with Crippen LogP contribution in [0.3, 0.4) is 0 Å². The van der Waals surface area contributed by atoms with E-state index >= 15 is 0 Å². The Kier molecular flexibility index (Phi) is 2.24. The van der Waals surface area contributed by atoms with Crippen molar-refractivity contribution < 1.29 is 0 Å². The van der Waals surface area contributed by atoms with Crippen LogP contribution in [0.4, 0.5) is 0 Å². The summed E-state index contributed by atoms with van der Waals surface area (Å²) in [7, 11) is 0. The number of hydrogen-bond donors (Lipinski definition) is 1. The first kappa shape index (κ1) is 10.3. The molecule has 1 N–H and O–H groups in total. The van der Waals surface area contributed by atoms with Crippen LogP contribution in [0.5, 0.6) is 0 Å². The topological polar surface area (TPSA) is 47.2 Å². The van der Waals surface area contributed by atoms with E-state index in [1.165, 1.54) is 18.5 Å². The average molecular weight is 259 g/mol. The van der Waals surface area contributed by atoms with Crippen molar-refractivity contribution in [2.45, 2.75) is 25.4 Å². The third-order valence-corrected chi connectivity index (χ3v) is 3.95. The van der Waals surface area contributed by atoms with Crippen molar-refractivity contribution in [1.29, 1.82) is 0 Å². The lowest BCUT2D eigenvalue weighted by Crippen LogP contribution is -2.18. The van der Waals surface area contributed by atoms with Gasteiger partial charge in [-0.25, -0.2) is 4.68 Å². The number of nitrogens with zero attached hydrogens (tertiary/aromatic N) is 4. The second-order valence-electron chi connectivity index (χ2n) is 4.54. The van der Waals surface area contributed by atoms with Crippen molar-refractivity contribution in [3.05, 3.63) is 35.7 Å². The van der Waals surface area contributed by atoms with Crippen LogP contribution in [-0.2, 0) is 6.54 Å². The lowest BCUT2D eigenvalue weighted by Gasteiger charge is -2.05. The number of rotatable bonds is 4. The van der Waals surface area contributed by atoms with Crippen LogP contribution in [0.15, 0.2) is 30.0 Å². The number of nitrogens with one attached hydrogen (secondary N) is 1.